The molecule has 0 radical (unpaired) electrons. The lowest BCUT2D eigenvalue weighted by atomic mass is 9.85. The van der Waals surface area contributed by atoms with E-state index in [4.69, 9.17) is 4.74 Å². The van der Waals surface area contributed by atoms with E-state index < -0.39 is 5.60 Å². The lowest BCUT2D eigenvalue weighted by molar-refractivity contribution is 0.00618. The quantitative estimate of drug-likeness (QED) is 0.632. The van der Waals surface area contributed by atoms with Crippen LogP contribution in [0.5, 0.6) is 5.75 Å². The molecule has 0 unspecified atom stereocenters. The molecule has 2 fully saturated rings. The summed E-state index contributed by atoms with van der Waals surface area (Å²) in [6.07, 6.45) is 1.76. The standard InChI is InChI=1S/C25H32BrN3O3/c1-24(2,31)17-27-13-11-25(12-14-27)18-28(21-9-7-20(26)8-10-21)23(30)29(25)16-19-5-4-6-22(15-19)32-3/h4-10,15,31H,11-14,16-18H2,1-3H3. The number of nitrogens with zero attached hydrogens (tertiary/aromatic N) is 3. The Hall–Kier alpha value is -2.09. The van der Waals surface area contributed by atoms with E-state index in [2.05, 4.69) is 31.8 Å². The summed E-state index contributed by atoms with van der Waals surface area (Å²) in [6.45, 7) is 7.29. The second kappa shape index (κ2) is 9.04. The van der Waals surface area contributed by atoms with Crippen LogP contribution < -0.4 is 9.64 Å². The zero-order chi connectivity index (χ0) is 22.9. The van der Waals surface area contributed by atoms with Gasteiger partial charge < -0.3 is 19.6 Å². The molecule has 172 valence electrons. The smallest absolute Gasteiger partial charge is 0.325 e. The van der Waals surface area contributed by atoms with E-state index in [0.717, 1.165) is 47.4 Å². The molecule has 2 amide bonds. The Kier molecular flexibility index (Phi) is 6.52. The van der Waals surface area contributed by atoms with E-state index >= 15 is 0 Å². The second-order valence-electron chi connectivity index (χ2n) is 9.60. The minimum atomic E-state index is -0.722. The van der Waals surface area contributed by atoms with Crippen LogP contribution in [0, 0.1) is 0 Å². The molecule has 2 heterocycles. The Labute approximate surface area is 198 Å². The third-order valence-electron chi connectivity index (χ3n) is 6.50. The number of ether oxygens (including phenoxy) is 1. The van der Waals surface area contributed by atoms with E-state index in [9.17, 15) is 9.90 Å². The number of carbonyl (C=O) groups excluding carboxylic acids is 1. The summed E-state index contributed by atoms with van der Waals surface area (Å²) >= 11 is 3.49. The molecular weight excluding hydrogens is 470 g/mol. The fourth-order valence-electron chi connectivity index (χ4n) is 4.91. The van der Waals surface area contributed by atoms with Crippen LogP contribution in [0.3, 0.4) is 0 Å². The minimum absolute atomic E-state index is 0.0473. The number of methoxy groups -OCH3 is 1. The first-order valence-electron chi connectivity index (χ1n) is 11.1. The maximum absolute atomic E-state index is 13.7. The average Bonchev–Trinajstić information content (AvgIpc) is 3.01. The average molecular weight is 502 g/mol. The van der Waals surface area contributed by atoms with Crippen LogP contribution in [-0.2, 0) is 6.54 Å². The molecule has 0 bridgehead atoms. The molecule has 2 saturated heterocycles. The first-order valence-corrected chi connectivity index (χ1v) is 11.9. The first kappa shape index (κ1) is 23.1. The van der Waals surface area contributed by atoms with Crippen LogP contribution in [0.4, 0.5) is 10.5 Å². The predicted octanol–water partition coefficient (Wildman–Crippen LogP) is 4.51. The van der Waals surface area contributed by atoms with Gasteiger partial charge in [-0.05, 0) is 68.7 Å². The number of carbonyl (C=O) groups is 1. The van der Waals surface area contributed by atoms with Crippen molar-refractivity contribution < 1.29 is 14.6 Å². The molecule has 0 atom stereocenters. The number of likely N-dealkylation sites (tertiary alicyclic amines) is 1. The number of anilines is 1. The minimum Gasteiger partial charge on any atom is -0.497 e. The number of halogens is 1. The van der Waals surface area contributed by atoms with E-state index in [1.165, 1.54) is 0 Å². The zero-order valence-electron chi connectivity index (χ0n) is 19.1. The van der Waals surface area contributed by atoms with Crippen LogP contribution >= 0.6 is 15.9 Å². The molecule has 0 aliphatic carbocycles. The third-order valence-corrected chi connectivity index (χ3v) is 7.03. The zero-order valence-corrected chi connectivity index (χ0v) is 20.6. The van der Waals surface area contributed by atoms with E-state index in [1.54, 1.807) is 7.11 Å². The van der Waals surface area contributed by atoms with Crippen molar-refractivity contribution in [2.45, 2.75) is 44.4 Å². The van der Waals surface area contributed by atoms with E-state index in [1.807, 2.05) is 61.2 Å². The molecule has 4 rings (SSSR count). The number of hydrogen-bond acceptors (Lipinski definition) is 4. The van der Waals surface area contributed by atoms with Gasteiger partial charge in [0.2, 0.25) is 0 Å². The number of hydrogen-bond donors (Lipinski definition) is 1. The largest absolute Gasteiger partial charge is 0.497 e. The Morgan fingerprint density at radius 1 is 1.12 bits per heavy atom. The molecule has 7 heteroatoms. The van der Waals surface area contributed by atoms with Gasteiger partial charge in [-0.3, -0.25) is 4.90 Å². The number of rotatable bonds is 6. The molecule has 0 aromatic heterocycles. The molecule has 2 aromatic carbocycles. The molecule has 32 heavy (non-hydrogen) atoms. The molecule has 2 aromatic rings. The van der Waals surface area contributed by atoms with E-state index in [0.29, 0.717) is 19.6 Å². The number of benzene rings is 2. The van der Waals surface area contributed by atoms with E-state index in [-0.39, 0.29) is 11.6 Å². The molecular formula is C25H32BrN3O3. The van der Waals surface area contributed by atoms with Gasteiger partial charge in [0.25, 0.3) is 0 Å². The van der Waals surface area contributed by atoms with Crippen LogP contribution in [0.1, 0.15) is 32.3 Å². The molecule has 1 N–H and O–H groups in total. The summed E-state index contributed by atoms with van der Waals surface area (Å²) < 4.78 is 6.39. The molecule has 1 spiro atoms. The van der Waals surface area contributed by atoms with Gasteiger partial charge in [0.1, 0.15) is 5.75 Å². The summed E-state index contributed by atoms with van der Waals surface area (Å²) in [5, 5.41) is 10.2. The van der Waals surface area contributed by atoms with Gasteiger partial charge in [-0.25, -0.2) is 4.79 Å². The van der Waals surface area contributed by atoms with Crippen LogP contribution in [-0.4, -0.2) is 65.4 Å². The topological polar surface area (TPSA) is 56.2 Å². The highest BCUT2D eigenvalue weighted by atomic mass is 79.9. The highest BCUT2D eigenvalue weighted by Crippen LogP contribution is 2.40. The van der Waals surface area contributed by atoms with Gasteiger partial charge in [-0.2, -0.15) is 0 Å². The maximum atomic E-state index is 13.7. The number of amides is 2. The lowest BCUT2D eigenvalue weighted by Crippen LogP contribution is -2.55. The predicted molar refractivity (Wildman–Crippen MR) is 130 cm³/mol. The first-order chi connectivity index (χ1) is 15.2. The summed E-state index contributed by atoms with van der Waals surface area (Å²) in [5.41, 5.74) is 1.03. The fourth-order valence-corrected chi connectivity index (χ4v) is 5.17. The van der Waals surface area contributed by atoms with Crippen molar-refractivity contribution in [1.82, 2.24) is 9.80 Å². The number of aliphatic hydroxyl groups is 1. The second-order valence-corrected chi connectivity index (χ2v) is 10.5. The monoisotopic (exact) mass is 501 g/mol. The third kappa shape index (κ3) is 4.95. The highest BCUT2D eigenvalue weighted by molar-refractivity contribution is 9.10. The summed E-state index contributed by atoms with van der Waals surface area (Å²) in [4.78, 5) is 20.0. The Balaban J connectivity index is 1.61. The van der Waals surface area contributed by atoms with Crippen molar-refractivity contribution >= 4 is 27.6 Å². The Bertz CT molecular complexity index is 950. The molecule has 2 aliphatic heterocycles. The van der Waals surface area contributed by atoms with Gasteiger partial charge >= 0.3 is 6.03 Å². The lowest BCUT2D eigenvalue weighted by Gasteiger charge is -2.44. The van der Waals surface area contributed by atoms with Gasteiger partial charge in [0.15, 0.2) is 0 Å². The fraction of sp³-hybridized carbons (Fsp3) is 0.480. The summed E-state index contributed by atoms with van der Waals surface area (Å²) in [6, 6.07) is 15.9. The van der Waals surface area contributed by atoms with Crippen LogP contribution in [0.2, 0.25) is 0 Å². The van der Waals surface area contributed by atoms with Crippen LogP contribution in [0.15, 0.2) is 53.0 Å². The number of piperidine rings is 1. The SMILES string of the molecule is COc1cccc(CN2C(=O)N(c3ccc(Br)cc3)CC23CCN(CC(C)(C)O)CC3)c1. The van der Waals surface area contributed by atoms with Crippen molar-refractivity contribution in [3.8, 4) is 5.75 Å². The van der Waals surface area contributed by atoms with Gasteiger partial charge in [-0.1, -0.05) is 28.1 Å². The summed E-state index contributed by atoms with van der Waals surface area (Å²) in [7, 11) is 1.66. The van der Waals surface area contributed by atoms with Gasteiger partial charge in [0.05, 0.1) is 24.8 Å². The maximum Gasteiger partial charge on any atom is 0.325 e. The number of urea groups is 1. The van der Waals surface area contributed by atoms with Gasteiger partial charge in [0, 0.05) is 36.3 Å². The highest BCUT2D eigenvalue weighted by Gasteiger charge is 2.51. The van der Waals surface area contributed by atoms with Gasteiger partial charge in [-0.15, -0.1) is 0 Å². The Morgan fingerprint density at radius 2 is 1.81 bits per heavy atom. The van der Waals surface area contributed by atoms with Crippen molar-refractivity contribution in [3.05, 3.63) is 58.6 Å². The normalized spacial score (nSPS) is 19.1. The van der Waals surface area contributed by atoms with Crippen molar-refractivity contribution in [1.29, 1.82) is 0 Å². The Morgan fingerprint density at radius 3 is 2.44 bits per heavy atom. The summed E-state index contributed by atoms with van der Waals surface area (Å²) in [5.74, 6) is 0.799. The van der Waals surface area contributed by atoms with Crippen LogP contribution in [0.25, 0.3) is 0 Å². The molecule has 6 nitrogen and oxygen atoms in total. The van der Waals surface area contributed by atoms with Crippen molar-refractivity contribution in [3.63, 3.8) is 0 Å². The molecule has 0 saturated carbocycles. The molecule has 2 aliphatic rings. The number of β-amino-alcohol motifs (C(OH)–C–C–N with tert-alkyl or cyclic N) is 1. The van der Waals surface area contributed by atoms with Crippen molar-refractivity contribution in [2.75, 3.05) is 38.2 Å². The van der Waals surface area contributed by atoms with Crippen molar-refractivity contribution in [2.24, 2.45) is 0 Å².